The first-order valence-corrected chi connectivity index (χ1v) is 9.45. The lowest BCUT2D eigenvalue weighted by atomic mass is 10.0. The highest BCUT2D eigenvalue weighted by Crippen LogP contribution is 2.21. The Bertz CT molecular complexity index is 674. The van der Waals surface area contributed by atoms with Crippen molar-refractivity contribution < 1.29 is 19.1 Å². The third-order valence-corrected chi connectivity index (χ3v) is 5.08. The summed E-state index contributed by atoms with van der Waals surface area (Å²) < 4.78 is 5.00. The van der Waals surface area contributed by atoms with Gasteiger partial charge in [-0.25, -0.2) is 4.79 Å². The second kappa shape index (κ2) is 8.83. The number of amides is 3. The van der Waals surface area contributed by atoms with E-state index in [1.54, 1.807) is 29.1 Å². The van der Waals surface area contributed by atoms with Crippen LogP contribution in [0.5, 0.6) is 0 Å². The minimum absolute atomic E-state index is 0.00379. The number of rotatable bonds is 5. The summed E-state index contributed by atoms with van der Waals surface area (Å²) in [6, 6.07) is 3.78. The van der Waals surface area contributed by atoms with Crippen molar-refractivity contribution >= 4 is 17.9 Å². The van der Waals surface area contributed by atoms with E-state index in [2.05, 4.69) is 10.3 Å². The van der Waals surface area contributed by atoms with Crippen molar-refractivity contribution in [3.63, 3.8) is 0 Å². The molecule has 0 saturated carbocycles. The van der Waals surface area contributed by atoms with Crippen LogP contribution in [0.1, 0.15) is 31.7 Å². The van der Waals surface area contributed by atoms with Crippen LogP contribution in [0.2, 0.25) is 0 Å². The van der Waals surface area contributed by atoms with Crippen LogP contribution in [-0.2, 0) is 20.9 Å². The molecule has 2 aliphatic heterocycles. The summed E-state index contributed by atoms with van der Waals surface area (Å²) in [5, 5.41) is 3.05. The number of hydrogen-bond donors (Lipinski definition) is 1. The molecule has 1 atom stereocenters. The molecule has 0 aliphatic carbocycles. The Morgan fingerprint density at radius 1 is 1.26 bits per heavy atom. The molecule has 1 aromatic heterocycles. The summed E-state index contributed by atoms with van der Waals surface area (Å²) in [5.74, 6) is -0.387. The van der Waals surface area contributed by atoms with E-state index in [9.17, 15) is 14.4 Å². The van der Waals surface area contributed by atoms with Gasteiger partial charge in [-0.2, -0.15) is 0 Å². The molecule has 8 nitrogen and oxygen atoms in total. The molecule has 0 unspecified atom stereocenters. The van der Waals surface area contributed by atoms with Crippen molar-refractivity contribution in [3.05, 3.63) is 30.1 Å². The van der Waals surface area contributed by atoms with Crippen LogP contribution in [0.3, 0.4) is 0 Å². The molecule has 0 aromatic carbocycles. The third kappa shape index (κ3) is 4.96. The Morgan fingerprint density at radius 3 is 2.63 bits per heavy atom. The monoisotopic (exact) mass is 374 g/mol. The number of aromatic nitrogens is 1. The van der Waals surface area contributed by atoms with E-state index in [1.165, 1.54) is 0 Å². The molecular weight excluding hydrogens is 348 g/mol. The quantitative estimate of drug-likeness (QED) is 0.835. The molecule has 3 heterocycles. The highest BCUT2D eigenvalue weighted by Gasteiger charge is 2.35. The number of nitrogens with zero attached hydrogens (tertiary/aromatic N) is 3. The van der Waals surface area contributed by atoms with Crippen LogP contribution in [0.4, 0.5) is 4.79 Å². The lowest BCUT2D eigenvalue weighted by Gasteiger charge is -2.32. The molecule has 3 amide bonds. The zero-order valence-corrected chi connectivity index (χ0v) is 15.6. The highest BCUT2D eigenvalue weighted by atomic mass is 16.6. The average Bonchev–Trinajstić information content (AvgIpc) is 3.04. The van der Waals surface area contributed by atoms with E-state index in [0.717, 1.165) is 5.56 Å². The normalized spacial score (nSPS) is 20.6. The molecule has 3 rings (SSSR count). The Labute approximate surface area is 158 Å². The minimum Gasteiger partial charge on any atom is -0.450 e. The van der Waals surface area contributed by atoms with E-state index in [1.807, 2.05) is 12.1 Å². The van der Waals surface area contributed by atoms with Gasteiger partial charge in [-0.05, 0) is 37.5 Å². The fraction of sp³-hybridized carbons (Fsp3) is 0.579. The first-order valence-electron chi connectivity index (χ1n) is 9.45. The predicted molar refractivity (Wildman–Crippen MR) is 97.5 cm³/mol. The summed E-state index contributed by atoms with van der Waals surface area (Å²) in [7, 11) is 0. The SMILES string of the molecule is CCOC(=O)N1CCC(NC(=O)[C@@H]2CC(=O)N(Cc3ccncc3)C2)CC1. The molecule has 2 fully saturated rings. The van der Waals surface area contributed by atoms with Crippen molar-refractivity contribution in [1.82, 2.24) is 20.1 Å². The van der Waals surface area contributed by atoms with Crippen LogP contribution in [0, 0.1) is 5.92 Å². The van der Waals surface area contributed by atoms with Gasteiger partial charge >= 0.3 is 6.09 Å². The lowest BCUT2D eigenvalue weighted by Crippen LogP contribution is -2.48. The van der Waals surface area contributed by atoms with Gasteiger partial charge in [0.15, 0.2) is 0 Å². The lowest BCUT2D eigenvalue weighted by molar-refractivity contribution is -0.129. The Balaban J connectivity index is 1.45. The summed E-state index contributed by atoms with van der Waals surface area (Å²) in [6.45, 7) is 4.23. The fourth-order valence-electron chi connectivity index (χ4n) is 3.55. The largest absolute Gasteiger partial charge is 0.450 e. The maximum atomic E-state index is 12.6. The molecule has 2 aliphatic rings. The molecule has 1 N–H and O–H groups in total. The number of nitrogens with one attached hydrogen (secondary N) is 1. The fourth-order valence-corrected chi connectivity index (χ4v) is 3.55. The Kier molecular flexibility index (Phi) is 6.26. The molecule has 0 radical (unpaired) electrons. The Hall–Kier alpha value is -2.64. The van der Waals surface area contributed by atoms with Crippen molar-refractivity contribution in [1.29, 1.82) is 0 Å². The van der Waals surface area contributed by atoms with E-state index in [4.69, 9.17) is 4.74 Å². The molecule has 0 spiro atoms. The maximum Gasteiger partial charge on any atom is 0.409 e. The van der Waals surface area contributed by atoms with Crippen molar-refractivity contribution in [3.8, 4) is 0 Å². The van der Waals surface area contributed by atoms with Crippen molar-refractivity contribution in [2.24, 2.45) is 5.92 Å². The second-order valence-electron chi connectivity index (χ2n) is 7.00. The summed E-state index contributed by atoms with van der Waals surface area (Å²) >= 11 is 0. The highest BCUT2D eigenvalue weighted by molar-refractivity contribution is 5.89. The van der Waals surface area contributed by atoms with Crippen LogP contribution in [0.15, 0.2) is 24.5 Å². The third-order valence-electron chi connectivity index (χ3n) is 5.08. The van der Waals surface area contributed by atoms with Crippen molar-refractivity contribution in [2.45, 2.75) is 38.8 Å². The summed E-state index contributed by atoms with van der Waals surface area (Å²) in [6.07, 6.45) is 4.75. The Morgan fingerprint density at radius 2 is 1.96 bits per heavy atom. The number of piperidine rings is 1. The first kappa shape index (κ1) is 19.1. The van der Waals surface area contributed by atoms with Crippen LogP contribution in [-0.4, -0.2) is 65.0 Å². The van der Waals surface area contributed by atoms with E-state index < -0.39 is 0 Å². The van der Waals surface area contributed by atoms with Gasteiger partial charge in [0.1, 0.15) is 0 Å². The van der Waals surface area contributed by atoms with Crippen LogP contribution in [0.25, 0.3) is 0 Å². The van der Waals surface area contributed by atoms with Gasteiger partial charge in [0.2, 0.25) is 11.8 Å². The van der Waals surface area contributed by atoms with E-state index >= 15 is 0 Å². The van der Waals surface area contributed by atoms with E-state index in [-0.39, 0.29) is 36.3 Å². The number of likely N-dealkylation sites (tertiary alicyclic amines) is 2. The van der Waals surface area contributed by atoms with Crippen LogP contribution >= 0.6 is 0 Å². The minimum atomic E-state index is -0.317. The van der Waals surface area contributed by atoms with E-state index in [0.29, 0.717) is 45.6 Å². The maximum absolute atomic E-state index is 12.6. The number of ether oxygens (including phenoxy) is 1. The van der Waals surface area contributed by atoms with Crippen LogP contribution < -0.4 is 5.32 Å². The zero-order valence-electron chi connectivity index (χ0n) is 15.6. The zero-order chi connectivity index (χ0) is 19.2. The number of hydrogen-bond acceptors (Lipinski definition) is 5. The smallest absolute Gasteiger partial charge is 0.409 e. The van der Waals surface area contributed by atoms with Gasteiger partial charge in [0, 0.05) is 51.0 Å². The topological polar surface area (TPSA) is 91.8 Å². The summed E-state index contributed by atoms with van der Waals surface area (Å²) in [4.78, 5) is 43.9. The van der Waals surface area contributed by atoms with Crippen molar-refractivity contribution in [2.75, 3.05) is 26.2 Å². The number of carbonyl (C=O) groups is 3. The number of pyridine rings is 1. The molecule has 146 valence electrons. The average molecular weight is 374 g/mol. The summed E-state index contributed by atoms with van der Waals surface area (Å²) in [5.41, 5.74) is 1.01. The van der Waals surface area contributed by atoms with Gasteiger partial charge in [0.05, 0.1) is 12.5 Å². The standard InChI is InChI=1S/C19H26N4O4/c1-2-27-19(26)22-9-5-16(6-10-22)21-18(25)15-11-17(24)23(13-15)12-14-3-7-20-8-4-14/h3-4,7-8,15-16H,2,5-6,9-13H2,1H3,(H,21,25)/t15-/m1/s1. The van der Waals surface area contributed by atoms with Gasteiger partial charge in [-0.1, -0.05) is 0 Å². The van der Waals surface area contributed by atoms with Gasteiger partial charge in [-0.15, -0.1) is 0 Å². The van der Waals surface area contributed by atoms with Gasteiger partial charge in [0.25, 0.3) is 0 Å². The molecule has 27 heavy (non-hydrogen) atoms. The molecular formula is C19H26N4O4. The predicted octanol–water partition coefficient (Wildman–Crippen LogP) is 1.17. The molecule has 8 heteroatoms. The van der Waals surface area contributed by atoms with Gasteiger partial charge in [-0.3, -0.25) is 14.6 Å². The van der Waals surface area contributed by atoms with Gasteiger partial charge < -0.3 is 19.9 Å². The first-order chi connectivity index (χ1) is 13.1. The molecule has 2 saturated heterocycles. The number of carbonyl (C=O) groups excluding carboxylic acids is 3. The molecule has 1 aromatic rings. The second-order valence-corrected chi connectivity index (χ2v) is 7.00. The molecule has 0 bridgehead atoms.